The Morgan fingerprint density at radius 3 is 2.62 bits per heavy atom. The molecule has 0 aromatic carbocycles. The third-order valence-electron chi connectivity index (χ3n) is 6.04. The molecule has 1 saturated carbocycles. The smallest absolute Gasteiger partial charge is 0.0159 e. The number of likely N-dealkylation sites (tertiary alicyclic amines) is 1. The normalized spacial score (nSPS) is 37.6. The quantitative estimate of drug-likeness (QED) is 0.813. The fourth-order valence-electron chi connectivity index (χ4n) is 4.66. The van der Waals surface area contributed by atoms with Crippen LogP contribution in [0, 0.1) is 17.3 Å². The van der Waals surface area contributed by atoms with Gasteiger partial charge in [-0.2, -0.15) is 0 Å². The molecule has 1 saturated heterocycles. The molecule has 0 bridgehead atoms. The largest absolute Gasteiger partial charge is 0.313 e. The Kier molecular flexibility index (Phi) is 6.14. The Hall–Kier alpha value is -0.0800. The highest BCUT2D eigenvalue weighted by Crippen LogP contribution is 2.40. The van der Waals surface area contributed by atoms with Crippen LogP contribution >= 0.6 is 0 Å². The lowest BCUT2D eigenvalue weighted by molar-refractivity contribution is 0.0452. The van der Waals surface area contributed by atoms with Crippen LogP contribution in [-0.2, 0) is 0 Å². The molecule has 0 amide bonds. The summed E-state index contributed by atoms with van der Waals surface area (Å²) in [6.07, 6.45) is 8.28. The molecule has 4 atom stereocenters. The second-order valence-corrected chi connectivity index (χ2v) is 8.56. The van der Waals surface area contributed by atoms with Crippen LogP contribution in [-0.4, -0.2) is 36.6 Å². The number of nitrogens with one attached hydrogen (secondary N) is 1. The summed E-state index contributed by atoms with van der Waals surface area (Å²) in [6, 6.07) is 1.49. The first-order valence-electron chi connectivity index (χ1n) is 9.41. The molecule has 2 aliphatic rings. The third kappa shape index (κ3) is 4.45. The van der Waals surface area contributed by atoms with Gasteiger partial charge in [0.2, 0.25) is 0 Å². The van der Waals surface area contributed by atoms with Crippen LogP contribution < -0.4 is 5.32 Å². The van der Waals surface area contributed by atoms with Gasteiger partial charge in [-0.1, -0.05) is 34.1 Å². The first-order valence-corrected chi connectivity index (χ1v) is 9.41. The Labute approximate surface area is 133 Å². The molecule has 2 rings (SSSR count). The number of rotatable bonds is 5. The van der Waals surface area contributed by atoms with Crippen molar-refractivity contribution in [3.63, 3.8) is 0 Å². The molecule has 1 heterocycles. The topological polar surface area (TPSA) is 15.3 Å². The fraction of sp³-hybridized carbons (Fsp3) is 1.00. The van der Waals surface area contributed by atoms with E-state index in [4.69, 9.17) is 0 Å². The van der Waals surface area contributed by atoms with Crippen molar-refractivity contribution in [3.05, 3.63) is 0 Å². The van der Waals surface area contributed by atoms with Crippen LogP contribution in [0.25, 0.3) is 0 Å². The van der Waals surface area contributed by atoms with Crippen molar-refractivity contribution in [1.82, 2.24) is 10.2 Å². The first kappa shape index (κ1) is 17.3. The molecule has 4 unspecified atom stereocenters. The highest BCUT2D eigenvalue weighted by atomic mass is 15.2. The van der Waals surface area contributed by atoms with Gasteiger partial charge in [0.15, 0.2) is 0 Å². The maximum atomic E-state index is 3.90. The standard InChI is InChI=1S/C19H38N2/c1-6-12-20-18-17(8-7-11-19(18,4)5)14-21-13-15(2)9-10-16(21)3/h15-18,20H,6-14H2,1-5H3. The zero-order chi connectivity index (χ0) is 15.5. The summed E-state index contributed by atoms with van der Waals surface area (Å²) in [4.78, 5) is 2.79. The van der Waals surface area contributed by atoms with Crippen LogP contribution in [0.15, 0.2) is 0 Å². The first-order chi connectivity index (χ1) is 9.94. The van der Waals surface area contributed by atoms with Crippen LogP contribution in [0.2, 0.25) is 0 Å². The SMILES string of the molecule is CCCNC1C(CN2CC(C)CCC2C)CCCC1(C)C. The maximum Gasteiger partial charge on any atom is 0.0159 e. The van der Waals surface area contributed by atoms with E-state index in [1.165, 1.54) is 58.2 Å². The van der Waals surface area contributed by atoms with Crippen molar-refractivity contribution in [1.29, 1.82) is 0 Å². The zero-order valence-electron chi connectivity index (χ0n) is 15.1. The summed E-state index contributed by atoms with van der Waals surface area (Å²) in [7, 11) is 0. The lowest BCUT2D eigenvalue weighted by Crippen LogP contribution is -2.54. The molecule has 2 fully saturated rings. The Morgan fingerprint density at radius 2 is 1.90 bits per heavy atom. The van der Waals surface area contributed by atoms with Gasteiger partial charge in [-0.05, 0) is 62.8 Å². The Morgan fingerprint density at radius 1 is 1.14 bits per heavy atom. The van der Waals surface area contributed by atoms with Crippen LogP contribution in [0.4, 0.5) is 0 Å². The average Bonchev–Trinajstić information content (AvgIpc) is 2.41. The molecule has 1 aliphatic carbocycles. The summed E-state index contributed by atoms with van der Waals surface area (Å²) >= 11 is 0. The van der Waals surface area contributed by atoms with E-state index in [9.17, 15) is 0 Å². The molecule has 1 aliphatic heterocycles. The highest BCUT2D eigenvalue weighted by molar-refractivity contribution is 4.95. The third-order valence-corrected chi connectivity index (χ3v) is 6.04. The van der Waals surface area contributed by atoms with Gasteiger partial charge < -0.3 is 10.2 Å². The van der Waals surface area contributed by atoms with E-state index in [0.29, 0.717) is 11.5 Å². The summed E-state index contributed by atoms with van der Waals surface area (Å²) in [5.41, 5.74) is 0.461. The van der Waals surface area contributed by atoms with Crippen LogP contribution in [0.1, 0.15) is 73.1 Å². The van der Waals surface area contributed by atoms with E-state index in [0.717, 1.165) is 17.9 Å². The second-order valence-electron chi connectivity index (χ2n) is 8.56. The lowest BCUT2D eigenvalue weighted by atomic mass is 9.67. The lowest BCUT2D eigenvalue weighted by Gasteiger charge is -2.48. The molecule has 2 nitrogen and oxygen atoms in total. The van der Waals surface area contributed by atoms with Gasteiger partial charge in [-0.25, -0.2) is 0 Å². The highest BCUT2D eigenvalue weighted by Gasteiger charge is 2.39. The van der Waals surface area contributed by atoms with Crippen molar-refractivity contribution in [2.45, 2.75) is 85.2 Å². The average molecular weight is 295 g/mol. The van der Waals surface area contributed by atoms with E-state index in [-0.39, 0.29) is 0 Å². The minimum absolute atomic E-state index is 0.461. The van der Waals surface area contributed by atoms with Crippen molar-refractivity contribution in [2.75, 3.05) is 19.6 Å². The number of piperidine rings is 1. The number of hydrogen-bond acceptors (Lipinski definition) is 2. The summed E-state index contributed by atoms with van der Waals surface area (Å²) in [6.45, 7) is 15.9. The molecule has 0 spiro atoms. The minimum atomic E-state index is 0.461. The molecule has 1 N–H and O–H groups in total. The number of nitrogens with zero attached hydrogens (tertiary/aromatic N) is 1. The predicted molar refractivity (Wildman–Crippen MR) is 92.6 cm³/mol. The molecule has 21 heavy (non-hydrogen) atoms. The fourth-order valence-corrected chi connectivity index (χ4v) is 4.66. The van der Waals surface area contributed by atoms with Gasteiger partial charge in [0.25, 0.3) is 0 Å². The monoisotopic (exact) mass is 294 g/mol. The van der Waals surface area contributed by atoms with Crippen molar-refractivity contribution in [3.8, 4) is 0 Å². The number of hydrogen-bond donors (Lipinski definition) is 1. The van der Waals surface area contributed by atoms with Crippen LogP contribution in [0.5, 0.6) is 0 Å². The molecular formula is C19H38N2. The van der Waals surface area contributed by atoms with Gasteiger partial charge in [0.1, 0.15) is 0 Å². The summed E-state index contributed by atoms with van der Waals surface area (Å²) in [5.74, 6) is 1.73. The van der Waals surface area contributed by atoms with Crippen LogP contribution in [0.3, 0.4) is 0 Å². The van der Waals surface area contributed by atoms with Gasteiger partial charge >= 0.3 is 0 Å². The Bertz CT molecular complexity index is 313. The summed E-state index contributed by atoms with van der Waals surface area (Å²) < 4.78 is 0. The Balaban J connectivity index is 2.00. The van der Waals surface area contributed by atoms with Gasteiger partial charge in [0.05, 0.1) is 0 Å². The molecule has 0 aromatic heterocycles. The van der Waals surface area contributed by atoms with E-state index in [2.05, 4.69) is 44.8 Å². The van der Waals surface area contributed by atoms with Crippen molar-refractivity contribution < 1.29 is 0 Å². The molecule has 2 heteroatoms. The van der Waals surface area contributed by atoms with Gasteiger partial charge in [0, 0.05) is 25.2 Å². The molecule has 0 radical (unpaired) electrons. The maximum absolute atomic E-state index is 3.90. The van der Waals surface area contributed by atoms with Gasteiger partial charge in [-0.3, -0.25) is 0 Å². The van der Waals surface area contributed by atoms with E-state index >= 15 is 0 Å². The van der Waals surface area contributed by atoms with E-state index in [1.54, 1.807) is 0 Å². The predicted octanol–water partition coefficient (Wildman–Crippen LogP) is 4.30. The zero-order valence-corrected chi connectivity index (χ0v) is 15.1. The van der Waals surface area contributed by atoms with Crippen molar-refractivity contribution >= 4 is 0 Å². The van der Waals surface area contributed by atoms with Gasteiger partial charge in [-0.15, -0.1) is 0 Å². The second kappa shape index (κ2) is 7.46. The van der Waals surface area contributed by atoms with E-state index < -0.39 is 0 Å². The minimum Gasteiger partial charge on any atom is -0.313 e. The molecule has 124 valence electrons. The van der Waals surface area contributed by atoms with E-state index in [1.807, 2.05) is 0 Å². The summed E-state index contributed by atoms with van der Waals surface area (Å²) in [5, 5.41) is 3.90. The molecule has 0 aromatic rings. The molecular weight excluding hydrogens is 256 g/mol. The van der Waals surface area contributed by atoms with Crippen molar-refractivity contribution in [2.24, 2.45) is 17.3 Å².